The molecule has 1 amide bonds. The highest BCUT2D eigenvalue weighted by Gasteiger charge is 2.29. The summed E-state index contributed by atoms with van der Waals surface area (Å²) in [4.78, 5) is 28.4. The molecule has 4 aromatic rings. The van der Waals surface area contributed by atoms with E-state index in [1.165, 1.54) is 4.80 Å². The Hall–Kier alpha value is -3.81. The highest BCUT2D eigenvalue weighted by molar-refractivity contribution is 5.98. The van der Waals surface area contributed by atoms with Crippen molar-refractivity contribution in [2.45, 2.75) is 19.4 Å². The van der Waals surface area contributed by atoms with Gasteiger partial charge in [0.15, 0.2) is 0 Å². The Balaban J connectivity index is 1.39. The first kappa shape index (κ1) is 19.2. The maximum Gasteiger partial charge on any atom is 0.256 e. The van der Waals surface area contributed by atoms with Crippen LogP contribution in [0.2, 0.25) is 0 Å². The molecule has 156 valence electrons. The van der Waals surface area contributed by atoms with E-state index in [0.29, 0.717) is 30.3 Å². The van der Waals surface area contributed by atoms with E-state index in [1.54, 1.807) is 12.4 Å². The highest BCUT2D eigenvalue weighted by atomic mass is 16.2. The van der Waals surface area contributed by atoms with Crippen LogP contribution in [0.4, 0.5) is 5.95 Å². The van der Waals surface area contributed by atoms with Crippen molar-refractivity contribution in [1.29, 1.82) is 0 Å². The molecule has 5 rings (SSSR count). The smallest absolute Gasteiger partial charge is 0.256 e. The molecular weight excluding hydrogens is 390 g/mol. The molecule has 1 saturated heterocycles. The van der Waals surface area contributed by atoms with E-state index in [0.717, 1.165) is 23.9 Å². The molecule has 1 fully saturated rings. The van der Waals surface area contributed by atoms with Crippen LogP contribution in [0, 0.1) is 0 Å². The lowest BCUT2D eigenvalue weighted by molar-refractivity contribution is 0.0708. The van der Waals surface area contributed by atoms with E-state index in [9.17, 15) is 4.79 Å². The molecule has 8 heteroatoms. The fourth-order valence-corrected chi connectivity index (χ4v) is 4.08. The molecule has 0 N–H and O–H groups in total. The summed E-state index contributed by atoms with van der Waals surface area (Å²) < 4.78 is 0. The van der Waals surface area contributed by atoms with Gasteiger partial charge in [0.05, 0.1) is 29.2 Å². The average molecular weight is 413 g/mol. The van der Waals surface area contributed by atoms with Crippen molar-refractivity contribution in [3.8, 4) is 5.69 Å². The Kier molecular flexibility index (Phi) is 5.03. The van der Waals surface area contributed by atoms with Gasteiger partial charge >= 0.3 is 0 Å². The molecule has 0 bridgehead atoms. The number of hydrogen-bond acceptors (Lipinski definition) is 6. The Bertz CT molecular complexity index is 1210. The molecule has 8 nitrogen and oxygen atoms in total. The molecule has 1 aliphatic heterocycles. The van der Waals surface area contributed by atoms with Gasteiger partial charge in [-0.1, -0.05) is 30.3 Å². The molecule has 0 aliphatic carbocycles. The number of fused-ring (bicyclic) bond motifs is 1. The monoisotopic (exact) mass is 413 g/mol. The second-order valence-corrected chi connectivity index (χ2v) is 7.71. The van der Waals surface area contributed by atoms with Crippen LogP contribution in [0.25, 0.3) is 16.6 Å². The van der Waals surface area contributed by atoms with Gasteiger partial charge in [0, 0.05) is 37.3 Å². The van der Waals surface area contributed by atoms with Gasteiger partial charge in [0.2, 0.25) is 5.95 Å². The first-order valence-corrected chi connectivity index (χ1v) is 10.4. The number of nitrogens with zero attached hydrogens (tertiary/aromatic N) is 7. The molecule has 31 heavy (non-hydrogen) atoms. The van der Waals surface area contributed by atoms with Crippen LogP contribution < -0.4 is 4.90 Å². The molecule has 0 spiro atoms. The highest BCUT2D eigenvalue weighted by Crippen LogP contribution is 2.22. The first-order valence-electron chi connectivity index (χ1n) is 10.4. The molecule has 1 aliphatic rings. The van der Waals surface area contributed by atoms with E-state index in [-0.39, 0.29) is 11.9 Å². The second-order valence-electron chi connectivity index (χ2n) is 7.71. The predicted octanol–water partition coefficient (Wildman–Crippen LogP) is 2.95. The molecule has 3 heterocycles. The van der Waals surface area contributed by atoms with Crippen LogP contribution >= 0.6 is 0 Å². The van der Waals surface area contributed by atoms with Crippen LogP contribution in [0.15, 0.2) is 67.1 Å². The normalized spacial score (nSPS) is 17.0. The van der Waals surface area contributed by atoms with Gasteiger partial charge < -0.3 is 9.80 Å². The SMILES string of the molecule is C[C@H]1CN(c2ncc3ccccc3n2)CCCN1C(=O)c1ccccc1-n1nccn1. The summed E-state index contributed by atoms with van der Waals surface area (Å²) in [6, 6.07) is 15.4. The summed E-state index contributed by atoms with van der Waals surface area (Å²) in [5.41, 5.74) is 2.21. The minimum absolute atomic E-state index is 0.00343. The maximum absolute atomic E-state index is 13.5. The number of rotatable bonds is 3. The molecule has 0 saturated carbocycles. The van der Waals surface area contributed by atoms with Gasteiger partial charge in [-0.2, -0.15) is 15.0 Å². The lowest BCUT2D eigenvalue weighted by Crippen LogP contribution is -2.43. The number of amides is 1. The molecule has 1 atom stereocenters. The molecule has 2 aromatic carbocycles. The summed E-state index contributed by atoms with van der Waals surface area (Å²) in [6.07, 6.45) is 5.92. The fourth-order valence-electron chi connectivity index (χ4n) is 4.08. The molecule has 2 aromatic heterocycles. The number of aromatic nitrogens is 5. The van der Waals surface area contributed by atoms with Crippen LogP contribution in [-0.2, 0) is 0 Å². The quantitative estimate of drug-likeness (QED) is 0.514. The Morgan fingerprint density at radius 3 is 2.65 bits per heavy atom. The van der Waals surface area contributed by atoms with Gasteiger partial charge in [0.25, 0.3) is 5.91 Å². The van der Waals surface area contributed by atoms with Crippen LogP contribution in [-0.4, -0.2) is 61.4 Å². The molecule has 0 unspecified atom stereocenters. The van der Waals surface area contributed by atoms with Gasteiger partial charge in [0.1, 0.15) is 0 Å². The zero-order chi connectivity index (χ0) is 21.2. The summed E-state index contributed by atoms with van der Waals surface area (Å²) in [7, 11) is 0. The van der Waals surface area contributed by atoms with Gasteiger partial charge in [-0.3, -0.25) is 4.79 Å². The number of carbonyl (C=O) groups is 1. The topological polar surface area (TPSA) is 80.0 Å². The minimum atomic E-state index is -0.0123. The third kappa shape index (κ3) is 3.72. The third-order valence-corrected chi connectivity index (χ3v) is 5.63. The average Bonchev–Trinajstić information content (AvgIpc) is 3.28. The summed E-state index contributed by atoms with van der Waals surface area (Å²) in [5, 5.41) is 9.42. The number of para-hydroxylation sites is 2. The van der Waals surface area contributed by atoms with E-state index >= 15 is 0 Å². The van der Waals surface area contributed by atoms with Gasteiger partial charge in [-0.15, -0.1) is 0 Å². The predicted molar refractivity (Wildman–Crippen MR) is 118 cm³/mol. The van der Waals surface area contributed by atoms with Crippen LogP contribution in [0.3, 0.4) is 0 Å². The zero-order valence-corrected chi connectivity index (χ0v) is 17.3. The van der Waals surface area contributed by atoms with Crippen molar-refractivity contribution in [3.63, 3.8) is 0 Å². The van der Waals surface area contributed by atoms with Crippen molar-refractivity contribution in [1.82, 2.24) is 29.9 Å². The minimum Gasteiger partial charge on any atom is -0.339 e. The van der Waals surface area contributed by atoms with E-state index in [4.69, 9.17) is 4.98 Å². The van der Waals surface area contributed by atoms with Crippen molar-refractivity contribution >= 4 is 22.8 Å². The summed E-state index contributed by atoms with van der Waals surface area (Å²) in [5.74, 6) is 0.697. The van der Waals surface area contributed by atoms with Crippen molar-refractivity contribution < 1.29 is 4.79 Å². The lowest BCUT2D eigenvalue weighted by Gasteiger charge is -2.29. The number of anilines is 1. The first-order chi connectivity index (χ1) is 15.2. The standard InChI is InChI=1S/C23H23N7O/c1-17-16-28(23-24-15-18-7-2-4-9-20(18)27-23)13-6-14-29(17)22(31)19-8-3-5-10-21(19)30-25-11-12-26-30/h2-5,7-12,15,17H,6,13-14,16H2,1H3/t17-/m0/s1. The van der Waals surface area contributed by atoms with E-state index in [2.05, 4.69) is 27.0 Å². The lowest BCUT2D eigenvalue weighted by atomic mass is 10.1. The molecule has 0 radical (unpaired) electrons. The van der Waals surface area contributed by atoms with Gasteiger partial charge in [-0.25, -0.2) is 9.97 Å². The number of benzene rings is 2. The summed E-state index contributed by atoms with van der Waals surface area (Å²) >= 11 is 0. The van der Waals surface area contributed by atoms with E-state index < -0.39 is 0 Å². The van der Waals surface area contributed by atoms with Crippen LogP contribution in [0.1, 0.15) is 23.7 Å². The largest absolute Gasteiger partial charge is 0.339 e. The second kappa shape index (κ2) is 8.14. The van der Waals surface area contributed by atoms with Crippen molar-refractivity contribution in [2.75, 3.05) is 24.5 Å². The van der Waals surface area contributed by atoms with Gasteiger partial charge in [-0.05, 0) is 31.5 Å². The Morgan fingerprint density at radius 2 is 1.77 bits per heavy atom. The Morgan fingerprint density at radius 1 is 1.00 bits per heavy atom. The van der Waals surface area contributed by atoms with E-state index in [1.807, 2.05) is 59.6 Å². The van der Waals surface area contributed by atoms with Crippen molar-refractivity contribution in [2.24, 2.45) is 0 Å². The van der Waals surface area contributed by atoms with Crippen molar-refractivity contribution in [3.05, 3.63) is 72.7 Å². The Labute approximate surface area is 180 Å². The number of hydrogen-bond donors (Lipinski definition) is 0. The maximum atomic E-state index is 13.5. The fraction of sp³-hybridized carbons (Fsp3) is 0.261. The zero-order valence-electron chi connectivity index (χ0n) is 17.3. The molecular formula is C23H23N7O. The van der Waals surface area contributed by atoms with Crippen LogP contribution in [0.5, 0.6) is 0 Å². The summed E-state index contributed by atoms with van der Waals surface area (Å²) in [6.45, 7) is 4.22. The third-order valence-electron chi connectivity index (χ3n) is 5.63. The number of carbonyl (C=O) groups excluding carboxylic acids is 1.